The first kappa shape index (κ1) is 12.6. The van der Waals surface area contributed by atoms with Crippen LogP contribution in [0.5, 0.6) is 0 Å². The molecule has 1 fully saturated rings. The Morgan fingerprint density at radius 2 is 2.33 bits per heavy atom. The third-order valence-corrected chi connectivity index (χ3v) is 3.60. The molecular weight excluding hydrogens is 224 g/mol. The second-order valence-corrected chi connectivity index (χ2v) is 4.75. The highest BCUT2D eigenvalue weighted by Gasteiger charge is 2.26. The molecule has 1 saturated heterocycles. The van der Waals surface area contributed by atoms with Crippen LogP contribution in [0.1, 0.15) is 48.5 Å². The number of nitriles is 1. The molecule has 1 heterocycles. The van der Waals surface area contributed by atoms with Gasteiger partial charge in [-0.05, 0) is 43.9 Å². The summed E-state index contributed by atoms with van der Waals surface area (Å²) in [4.78, 5) is 14.4. The lowest BCUT2D eigenvalue weighted by atomic mass is 9.98. The normalized spacial score (nSPS) is 19.3. The monoisotopic (exact) mass is 242 g/mol. The van der Waals surface area contributed by atoms with Gasteiger partial charge < -0.3 is 4.90 Å². The third-order valence-electron chi connectivity index (χ3n) is 3.60. The van der Waals surface area contributed by atoms with Crippen LogP contribution in [0.3, 0.4) is 0 Å². The van der Waals surface area contributed by atoms with E-state index in [4.69, 9.17) is 5.26 Å². The first-order chi connectivity index (χ1) is 8.76. The lowest BCUT2D eigenvalue weighted by Gasteiger charge is -2.35. The summed E-state index contributed by atoms with van der Waals surface area (Å²) in [5.74, 6) is 0.0682. The van der Waals surface area contributed by atoms with E-state index in [1.807, 2.05) is 4.90 Å². The van der Waals surface area contributed by atoms with E-state index in [1.165, 1.54) is 6.42 Å². The van der Waals surface area contributed by atoms with Crippen molar-refractivity contribution >= 4 is 5.91 Å². The molecule has 1 amide bonds. The van der Waals surface area contributed by atoms with Gasteiger partial charge in [-0.25, -0.2) is 0 Å². The van der Waals surface area contributed by atoms with Crippen LogP contribution in [0.25, 0.3) is 0 Å². The van der Waals surface area contributed by atoms with Crippen molar-refractivity contribution in [1.82, 2.24) is 4.90 Å². The Morgan fingerprint density at radius 1 is 1.50 bits per heavy atom. The molecule has 0 aromatic heterocycles. The number of rotatable bonds is 2. The highest BCUT2D eigenvalue weighted by Crippen LogP contribution is 2.22. The van der Waals surface area contributed by atoms with Gasteiger partial charge in [-0.2, -0.15) is 5.26 Å². The Hall–Kier alpha value is -1.82. The number of likely N-dealkylation sites (tertiary alicyclic amines) is 1. The van der Waals surface area contributed by atoms with Crippen molar-refractivity contribution < 1.29 is 4.79 Å². The van der Waals surface area contributed by atoms with Crippen molar-refractivity contribution in [1.29, 1.82) is 5.26 Å². The number of carbonyl (C=O) groups is 1. The molecule has 1 aliphatic heterocycles. The minimum atomic E-state index is 0.0682. The fourth-order valence-electron chi connectivity index (χ4n) is 2.58. The Balaban J connectivity index is 2.21. The number of hydrogen-bond donors (Lipinski definition) is 0. The predicted molar refractivity (Wildman–Crippen MR) is 70.1 cm³/mol. The molecule has 0 aliphatic carbocycles. The molecule has 3 heteroatoms. The molecule has 0 bridgehead atoms. The Kier molecular flexibility index (Phi) is 3.99. The number of amides is 1. The topological polar surface area (TPSA) is 44.1 Å². The average molecular weight is 242 g/mol. The van der Waals surface area contributed by atoms with E-state index in [0.717, 1.165) is 25.8 Å². The molecule has 0 N–H and O–H groups in total. The van der Waals surface area contributed by atoms with Crippen LogP contribution >= 0.6 is 0 Å². The van der Waals surface area contributed by atoms with Gasteiger partial charge in [0.2, 0.25) is 0 Å². The van der Waals surface area contributed by atoms with Gasteiger partial charge in [0.15, 0.2) is 0 Å². The SMILES string of the molecule is CCC1CCCCN1C(=O)c1cccc(C#N)c1. The van der Waals surface area contributed by atoms with E-state index < -0.39 is 0 Å². The number of nitrogens with zero attached hydrogens (tertiary/aromatic N) is 2. The van der Waals surface area contributed by atoms with Gasteiger partial charge in [-0.1, -0.05) is 13.0 Å². The van der Waals surface area contributed by atoms with E-state index in [-0.39, 0.29) is 5.91 Å². The summed E-state index contributed by atoms with van der Waals surface area (Å²) < 4.78 is 0. The largest absolute Gasteiger partial charge is 0.336 e. The summed E-state index contributed by atoms with van der Waals surface area (Å²) in [7, 11) is 0. The zero-order valence-electron chi connectivity index (χ0n) is 10.7. The van der Waals surface area contributed by atoms with Crippen molar-refractivity contribution in [3.63, 3.8) is 0 Å². The summed E-state index contributed by atoms with van der Waals surface area (Å²) in [6, 6.07) is 9.42. The highest BCUT2D eigenvalue weighted by atomic mass is 16.2. The first-order valence-corrected chi connectivity index (χ1v) is 6.57. The summed E-state index contributed by atoms with van der Waals surface area (Å²) in [5.41, 5.74) is 1.18. The summed E-state index contributed by atoms with van der Waals surface area (Å²) in [6.45, 7) is 2.97. The van der Waals surface area contributed by atoms with Crippen LogP contribution in [0.4, 0.5) is 0 Å². The predicted octanol–water partition coefficient (Wildman–Crippen LogP) is 2.96. The van der Waals surface area contributed by atoms with E-state index in [1.54, 1.807) is 24.3 Å². The van der Waals surface area contributed by atoms with E-state index >= 15 is 0 Å². The van der Waals surface area contributed by atoms with Crippen molar-refractivity contribution in [3.8, 4) is 6.07 Å². The van der Waals surface area contributed by atoms with Gasteiger partial charge in [-0.3, -0.25) is 4.79 Å². The smallest absolute Gasteiger partial charge is 0.254 e. The number of carbonyl (C=O) groups excluding carboxylic acids is 1. The minimum Gasteiger partial charge on any atom is -0.336 e. The Morgan fingerprint density at radius 3 is 3.06 bits per heavy atom. The molecule has 1 atom stereocenters. The fourth-order valence-corrected chi connectivity index (χ4v) is 2.58. The minimum absolute atomic E-state index is 0.0682. The van der Waals surface area contributed by atoms with Crippen molar-refractivity contribution in [2.45, 2.75) is 38.6 Å². The third kappa shape index (κ3) is 2.53. The molecule has 1 aliphatic rings. The zero-order chi connectivity index (χ0) is 13.0. The van der Waals surface area contributed by atoms with Gasteiger partial charge in [0, 0.05) is 18.2 Å². The van der Waals surface area contributed by atoms with E-state index in [0.29, 0.717) is 17.2 Å². The van der Waals surface area contributed by atoms with Crippen LogP contribution in [0, 0.1) is 11.3 Å². The van der Waals surface area contributed by atoms with Gasteiger partial charge in [0.05, 0.1) is 11.6 Å². The van der Waals surface area contributed by atoms with Gasteiger partial charge in [-0.15, -0.1) is 0 Å². The standard InChI is InChI=1S/C15H18N2O/c1-2-14-8-3-4-9-17(14)15(18)13-7-5-6-12(10-13)11-16/h5-7,10,14H,2-4,8-9H2,1H3. The van der Waals surface area contributed by atoms with Crippen molar-refractivity contribution in [3.05, 3.63) is 35.4 Å². The van der Waals surface area contributed by atoms with Crippen LogP contribution in [0.2, 0.25) is 0 Å². The van der Waals surface area contributed by atoms with Gasteiger partial charge in [0.1, 0.15) is 0 Å². The maximum absolute atomic E-state index is 12.5. The first-order valence-electron chi connectivity index (χ1n) is 6.57. The maximum Gasteiger partial charge on any atom is 0.254 e. The Labute approximate surface area is 108 Å². The molecular formula is C15H18N2O. The maximum atomic E-state index is 12.5. The van der Waals surface area contributed by atoms with Crippen LogP contribution in [-0.4, -0.2) is 23.4 Å². The van der Waals surface area contributed by atoms with Crippen molar-refractivity contribution in [2.75, 3.05) is 6.54 Å². The summed E-state index contributed by atoms with van der Waals surface area (Å²) >= 11 is 0. The second-order valence-electron chi connectivity index (χ2n) is 4.75. The molecule has 1 unspecified atom stereocenters. The number of piperidine rings is 1. The molecule has 0 radical (unpaired) electrons. The quantitative estimate of drug-likeness (QED) is 0.800. The highest BCUT2D eigenvalue weighted by molar-refractivity contribution is 5.94. The second kappa shape index (κ2) is 5.68. The van der Waals surface area contributed by atoms with Crippen LogP contribution in [-0.2, 0) is 0 Å². The van der Waals surface area contributed by atoms with Crippen molar-refractivity contribution in [2.24, 2.45) is 0 Å². The van der Waals surface area contributed by atoms with E-state index in [2.05, 4.69) is 13.0 Å². The van der Waals surface area contributed by atoms with Gasteiger partial charge in [0.25, 0.3) is 5.91 Å². The van der Waals surface area contributed by atoms with Gasteiger partial charge >= 0.3 is 0 Å². The molecule has 0 saturated carbocycles. The summed E-state index contributed by atoms with van der Waals surface area (Å²) in [5, 5.41) is 8.88. The number of benzene rings is 1. The average Bonchev–Trinajstić information content (AvgIpc) is 2.46. The molecule has 18 heavy (non-hydrogen) atoms. The molecule has 0 spiro atoms. The lowest BCUT2D eigenvalue weighted by molar-refractivity contribution is 0.0608. The molecule has 1 aromatic carbocycles. The molecule has 3 nitrogen and oxygen atoms in total. The molecule has 94 valence electrons. The lowest BCUT2D eigenvalue weighted by Crippen LogP contribution is -2.43. The molecule has 1 aromatic rings. The molecule has 2 rings (SSSR count). The zero-order valence-corrected chi connectivity index (χ0v) is 10.7. The Bertz CT molecular complexity index is 476. The van der Waals surface area contributed by atoms with E-state index in [9.17, 15) is 4.79 Å². The van der Waals surface area contributed by atoms with Crippen LogP contribution < -0.4 is 0 Å². The van der Waals surface area contributed by atoms with Crippen LogP contribution in [0.15, 0.2) is 24.3 Å². The fraction of sp³-hybridized carbons (Fsp3) is 0.467. The number of hydrogen-bond acceptors (Lipinski definition) is 2. The summed E-state index contributed by atoms with van der Waals surface area (Å²) in [6.07, 6.45) is 4.39.